The molecule has 0 saturated carbocycles. The molecule has 0 bridgehead atoms. The number of methoxy groups -OCH3 is 1. The van der Waals surface area contributed by atoms with Crippen LogP contribution >= 0.6 is 0 Å². The first kappa shape index (κ1) is 41.1. The van der Waals surface area contributed by atoms with Crippen LogP contribution in [0.15, 0.2) is 72.8 Å². The fourth-order valence-electron chi connectivity index (χ4n) is 10.8. The number of ether oxygens (including phenoxy) is 2. The molecule has 0 unspecified atom stereocenters. The highest BCUT2D eigenvalue weighted by Gasteiger charge is 2.67. The summed E-state index contributed by atoms with van der Waals surface area (Å²) in [5, 5.41) is 13.8. The second-order valence-electron chi connectivity index (χ2n) is 17.4. The average Bonchev–Trinajstić information content (AvgIpc) is 3.78. The lowest BCUT2D eigenvalue weighted by molar-refractivity contribution is -0.151. The van der Waals surface area contributed by atoms with Gasteiger partial charge in [-0.1, -0.05) is 49.4 Å². The lowest BCUT2D eigenvalue weighted by Gasteiger charge is -2.39. The van der Waals surface area contributed by atoms with Crippen molar-refractivity contribution in [2.75, 3.05) is 54.7 Å². The van der Waals surface area contributed by atoms with E-state index >= 15 is 8.90 Å². The fraction of sp³-hybridized carbons (Fsp3) is 0.511. The van der Waals surface area contributed by atoms with Crippen LogP contribution in [-0.4, -0.2) is 99.8 Å². The number of amides is 3. The number of nitrogens with one attached hydrogen (secondary N) is 1. The van der Waals surface area contributed by atoms with Gasteiger partial charge in [0, 0.05) is 47.9 Å². The predicted molar refractivity (Wildman–Crippen MR) is 225 cm³/mol. The van der Waals surface area contributed by atoms with E-state index < -0.39 is 43.2 Å². The minimum Gasteiger partial charge on any atom is -0.469 e. The van der Waals surface area contributed by atoms with Crippen LogP contribution in [0, 0.1) is 5.92 Å². The van der Waals surface area contributed by atoms with Crippen LogP contribution in [0.3, 0.4) is 0 Å². The molecule has 0 aromatic heterocycles. The highest BCUT2D eigenvalue weighted by Crippen LogP contribution is 2.61. The number of anilines is 3. The van der Waals surface area contributed by atoms with Crippen molar-refractivity contribution in [2.24, 2.45) is 5.92 Å². The van der Waals surface area contributed by atoms with Gasteiger partial charge in [-0.25, -0.2) is 0 Å². The van der Waals surface area contributed by atoms with Crippen molar-refractivity contribution in [3.05, 3.63) is 89.5 Å². The third kappa shape index (κ3) is 7.05. The molecule has 3 fully saturated rings. The van der Waals surface area contributed by atoms with Gasteiger partial charge in [0.2, 0.25) is 14.3 Å². The van der Waals surface area contributed by atoms with Crippen molar-refractivity contribution in [1.29, 1.82) is 0 Å². The van der Waals surface area contributed by atoms with E-state index in [1.165, 1.54) is 7.11 Å². The van der Waals surface area contributed by atoms with Gasteiger partial charge in [-0.2, -0.15) is 0 Å². The van der Waals surface area contributed by atoms with Crippen molar-refractivity contribution >= 4 is 49.2 Å². The number of aliphatic hydroxyl groups excluding tert-OH is 1. The number of fused-ring (bicyclic) bond motifs is 3. The van der Waals surface area contributed by atoms with Gasteiger partial charge in [-0.15, -0.1) is 0 Å². The van der Waals surface area contributed by atoms with Crippen molar-refractivity contribution in [3.8, 4) is 0 Å². The topological polar surface area (TPSA) is 132 Å². The Morgan fingerprint density at radius 2 is 1.68 bits per heavy atom. The minimum atomic E-state index is -3.63. The molecule has 3 saturated heterocycles. The van der Waals surface area contributed by atoms with E-state index in [0.717, 1.165) is 16.8 Å². The van der Waals surface area contributed by atoms with E-state index in [9.17, 15) is 19.5 Å². The minimum absolute atomic E-state index is 0.0126. The van der Waals surface area contributed by atoms with E-state index in [-0.39, 0.29) is 49.7 Å². The lowest BCUT2D eigenvalue weighted by atomic mass is 9.82. The molecule has 0 radical (unpaired) electrons. The van der Waals surface area contributed by atoms with Gasteiger partial charge >= 0.3 is 5.97 Å². The quantitative estimate of drug-likeness (QED) is 0.113. The first-order valence-electron chi connectivity index (χ1n) is 21.1. The summed E-state index contributed by atoms with van der Waals surface area (Å²) in [6, 6.07) is 23.0. The van der Waals surface area contributed by atoms with E-state index in [4.69, 9.17) is 9.47 Å². The molecule has 8 rings (SSSR count). The number of rotatable bonds is 11. The number of hydrogen-bond donors (Lipinski definition) is 2. The van der Waals surface area contributed by atoms with Gasteiger partial charge in [0.1, 0.15) is 5.54 Å². The fourth-order valence-corrected chi connectivity index (χ4v) is 13.3. The molecule has 3 amide bonds. The molecule has 5 atom stereocenters. The first-order chi connectivity index (χ1) is 28.3. The summed E-state index contributed by atoms with van der Waals surface area (Å²) >= 11 is 0. The Labute approximate surface area is 346 Å². The molecule has 12 nitrogen and oxygen atoms in total. The smallest absolute Gasteiger partial charge is 0.305 e. The predicted octanol–water partition coefficient (Wildman–Crippen LogP) is 5.42. The standard InChI is InChI=1S/C45H56FN5O7Si/c1-30-41(59(3,4)46)38(26-39(53)49-27-32-13-9-8-12-31(32)24-35(49)28-52)58-45(30)36-25-34(17-18-37(36)48(43(45)56)23-11-10-16-40(54)57-2)50-29-51(33-14-6-5-7-15-33)44(42(50)55)19-21-47-22-20-44/h5-9,12-15,17-18,25,30,35,38,41,47,52H,10-11,16,19-24,26-29H2,1-4H3/t30-,35-,38+,41-,45+/m0/s1. The molecule has 5 heterocycles. The number of aliphatic hydroxyl groups is 1. The summed E-state index contributed by atoms with van der Waals surface area (Å²) in [5.41, 5.74) is 1.73. The monoisotopic (exact) mass is 825 g/mol. The number of benzene rings is 3. The van der Waals surface area contributed by atoms with Gasteiger partial charge in [0.15, 0.2) is 5.60 Å². The Balaban J connectivity index is 1.17. The van der Waals surface area contributed by atoms with Gasteiger partial charge in [0.05, 0.1) is 44.6 Å². The average molecular weight is 826 g/mol. The molecular weight excluding hydrogens is 770 g/mol. The number of hydrogen-bond acceptors (Lipinski definition) is 9. The molecule has 0 aliphatic carbocycles. The number of unbranched alkanes of at least 4 members (excludes halogenated alkanes) is 1. The number of para-hydroxylation sites is 1. The number of esters is 1. The second-order valence-corrected chi connectivity index (χ2v) is 21.2. The molecule has 59 heavy (non-hydrogen) atoms. The van der Waals surface area contributed by atoms with Crippen LogP contribution in [0.2, 0.25) is 18.6 Å². The van der Waals surface area contributed by atoms with E-state index in [1.54, 1.807) is 27.8 Å². The molecule has 2 N–H and O–H groups in total. The van der Waals surface area contributed by atoms with Crippen LogP contribution in [0.4, 0.5) is 21.2 Å². The summed E-state index contributed by atoms with van der Waals surface area (Å²) < 4.78 is 28.7. The zero-order chi connectivity index (χ0) is 41.7. The largest absolute Gasteiger partial charge is 0.469 e. The Kier molecular flexibility index (Phi) is 11.2. The van der Waals surface area contributed by atoms with Gasteiger partial charge < -0.3 is 38.7 Å². The van der Waals surface area contributed by atoms with E-state index in [2.05, 4.69) is 10.2 Å². The van der Waals surface area contributed by atoms with Crippen molar-refractivity contribution in [2.45, 2.75) is 100 Å². The molecule has 3 aromatic rings. The molecule has 5 aliphatic rings. The Morgan fingerprint density at radius 1 is 0.966 bits per heavy atom. The van der Waals surface area contributed by atoms with Crippen LogP contribution in [0.25, 0.3) is 0 Å². The normalized spacial score (nSPS) is 26.2. The molecular formula is C45H56FN5O7Si. The summed E-state index contributed by atoms with van der Waals surface area (Å²) in [6.07, 6.45) is 1.92. The number of carbonyl (C=O) groups excluding carboxylic acids is 4. The van der Waals surface area contributed by atoms with Gasteiger partial charge in [-0.3, -0.25) is 24.1 Å². The molecule has 5 aliphatic heterocycles. The Hall–Kier alpha value is -4.63. The van der Waals surface area contributed by atoms with Crippen molar-refractivity contribution in [1.82, 2.24) is 10.2 Å². The Bertz CT molecular complexity index is 2090. The maximum absolute atomic E-state index is 16.9. The highest BCUT2D eigenvalue weighted by molar-refractivity contribution is 6.72. The van der Waals surface area contributed by atoms with Gasteiger partial charge in [0.25, 0.3) is 11.8 Å². The van der Waals surface area contributed by atoms with Crippen LogP contribution < -0.4 is 20.0 Å². The molecule has 14 heteroatoms. The lowest BCUT2D eigenvalue weighted by Crippen LogP contribution is -2.55. The summed E-state index contributed by atoms with van der Waals surface area (Å²) in [4.78, 5) is 63.6. The zero-order valence-electron chi connectivity index (χ0n) is 34.5. The van der Waals surface area contributed by atoms with Crippen LogP contribution in [-0.2, 0) is 47.2 Å². The SMILES string of the molecule is COC(=O)CCCCN1C(=O)[C@]2(O[C@H](CC(=O)N3Cc4ccccc4C[C@H]3CO)[C@@H]([Si](C)(C)F)[C@@H]2C)c2cc(N3CN(c4ccccc4)C4(CCNCC4)C3=O)ccc21. The van der Waals surface area contributed by atoms with E-state index in [0.29, 0.717) is 75.3 Å². The second kappa shape index (κ2) is 16.1. The number of piperidine rings is 1. The highest BCUT2D eigenvalue weighted by atomic mass is 28.4. The van der Waals surface area contributed by atoms with Gasteiger partial charge in [-0.05, 0) is 99.7 Å². The number of nitrogens with zero attached hydrogens (tertiary/aromatic N) is 4. The third-order valence-corrected chi connectivity index (χ3v) is 16.2. The summed E-state index contributed by atoms with van der Waals surface area (Å²) in [7, 11) is -2.28. The first-order valence-corrected chi connectivity index (χ1v) is 24.0. The third-order valence-electron chi connectivity index (χ3n) is 13.7. The molecule has 314 valence electrons. The molecule has 2 spiro atoms. The Morgan fingerprint density at radius 3 is 2.37 bits per heavy atom. The van der Waals surface area contributed by atoms with Crippen LogP contribution in [0.5, 0.6) is 0 Å². The van der Waals surface area contributed by atoms with Crippen LogP contribution in [0.1, 0.15) is 62.1 Å². The number of carbonyl (C=O) groups is 4. The molecule has 3 aromatic carbocycles. The number of halogens is 1. The van der Waals surface area contributed by atoms with Crippen molar-refractivity contribution in [3.63, 3.8) is 0 Å². The van der Waals surface area contributed by atoms with Crippen molar-refractivity contribution < 1.29 is 37.9 Å². The van der Waals surface area contributed by atoms with E-state index in [1.807, 2.05) is 79.7 Å². The maximum Gasteiger partial charge on any atom is 0.305 e. The zero-order valence-corrected chi connectivity index (χ0v) is 35.5. The maximum atomic E-state index is 16.9. The summed E-state index contributed by atoms with van der Waals surface area (Å²) in [6.45, 7) is 7.21. The summed E-state index contributed by atoms with van der Waals surface area (Å²) in [5.74, 6) is -1.59.